The van der Waals surface area contributed by atoms with Crippen LogP contribution in [0.2, 0.25) is 0 Å². The van der Waals surface area contributed by atoms with Crippen LogP contribution in [0.4, 0.5) is 10.1 Å². The first-order chi connectivity index (χ1) is 12.1. The molecule has 6 nitrogen and oxygen atoms in total. The standard InChI is InChI=1S/C17H12FN5OS/c1-10-15-13(18)3-2-4-14(15)25-16(10)17(24)20-11-5-7-12(8-6-11)23-9-19-21-22-23/h2-9H,1H3,(H,20,24). The maximum Gasteiger partial charge on any atom is 0.266 e. The van der Waals surface area contributed by atoms with Crippen molar-refractivity contribution in [1.82, 2.24) is 20.2 Å². The molecule has 0 saturated carbocycles. The molecule has 25 heavy (non-hydrogen) atoms. The average Bonchev–Trinajstić information content (AvgIpc) is 3.25. The molecule has 0 aliphatic heterocycles. The van der Waals surface area contributed by atoms with Gasteiger partial charge in [0.25, 0.3) is 5.91 Å². The molecule has 4 aromatic rings. The van der Waals surface area contributed by atoms with Crippen LogP contribution in [0.1, 0.15) is 15.2 Å². The Morgan fingerprint density at radius 3 is 2.68 bits per heavy atom. The number of thiophene rings is 1. The molecule has 1 N–H and O–H groups in total. The highest BCUT2D eigenvalue weighted by molar-refractivity contribution is 7.21. The summed E-state index contributed by atoms with van der Waals surface area (Å²) in [4.78, 5) is 13.1. The van der Waals surface area contributed by atoms with Crippen molar-refractivity contribution >= 4 is 33.0 Å². The van der Waals surface area contributed by atoms with E-state index in [4.69, 9.17) is 0 Å². The van der Waals surface area contributed by atoms with Crippen molar-refractivity contribution in [2.75, 3.05) is 5.32 Å². The van der Waals surface area contributed by atoms with Crippen molar-refractivity contribution in [1.29, 1.82) is 0 Å². The second-order valence-corrected chi connectivity index (χ2v) is 6.48. The zero-order valence-electron chi connectivity index (χ0n) is 13.1. The molecule has 1 amide bonds. The molecule has 124 valence electrons. The molecule has 0 radical (unpaired) electrons. The molecule has 2 aromatic heterocycles. The van der Waals surface area contributed by atoms with Crippen molar-refractivity contribution in [2.45, 2.75) is 6.92 Å². The molecule has 0 spiro atoms. The second kappa shape index (κ2) is 6.06. The van der Waals surface area contributed by atoms with E-state index in [1.165, 1.54) is 28.4 Å². The van der Waals surface area contributed by atoms with E-state index in [-0.39, 0.29) is 11.7 Å². The summed E-state index contributed by atoms with van der Waals surface area (Å²) in [5.41, 5.74) is 2.07. The summed E-state index contributed by atoms with van der Waals surface area (Å²) in [6.07, 6.45) is 1.49. The number of anilines is 1. The highest BCUT2D eigenvalue weighted by Gasteiger charge is 2.17. The van der Waals surface area contributed by atoms with Gasteiger partial charge in [-0.2, -0.15) is 0 Å². The number of aromatic nitrogens is 4. The van der Waals surface area contributed by atoms with E-state index in [1.54, 1.807) is 37.3 Å². The van der Waals surface area contributed by atoms with Crippen LogP contribution in [-0.2, 0) is 0 Å². The number of benzene rings is 2. The van der Waals surface area contributed by atoms with Crippen molar-refractivity contribution in [3.05, 3.63) is 65.0 Å². The van der Waals surface area contributed by atoms with Gasteiger partial charge in [-0.25, -0.2) is 9.07 Å². The van der Waals surface area contributed by atoms with Crippen LogP contribution < -0.4 is 5.32 Å². The number of carbonyl (C=O) groups excluding carboxylic acids is 1. The number of fused-ring (bicyclic) bond motifs is 1. The Hall–Kier alpha value is -3.13. The predicted octanol–water partition coefficient (Wildman–Crippen LogP) is 3.58. The lowest BCUT2D eigenvalue weighted by atomic mass is 10.1. The first kappa shape index (κ1) is 15.4. The van der Waals surface area contributed by atoms with Gasteiger partial charge in [0.2, 0.25) is 0 Å². The molecule has 0 fully saturated rings. The summed E-state index contributed by atoms with van der Waals surface area (Å²) >= 11 is 1.28. The Morgan fingerprint density at radius 1 is 1.20 bits per heavy atom. The summed E-state index contributed by atoms with van der Waals surface area (Å²) < 4.78 is 16.3. The third-order valence-corrected chi connectivity index (χ3v) is 5.10. The molecule has 0 aliphatic rings. The topological polar surface area (TPSA) is 72.7 Å². The summed E-state index contributed by atoms with van der Waals surface area (Å²) in [6.45, 7) is 1.76. The minimum absolute atomic E-state index is 0.256. The van der Waals surface area contributed by atoms with Crippen LogP contribution in [0.25, 0.3) is 15.8 Å². The Kier molecular flexibility index (Phi) is 3.73. The lowest BCUT2D eigenvalue weighted by Crippen LogP contribution is -2.11. The number of amides is 1. The van der Waals surface area contributed by atoms with Gasteiger partial charge >= 0.3 is 0 Å². The summed E-state index contributed by atoms with van der Waals surface area (Å²) in [6, 6.07) is 12.0. The van der Waals surface area contributed by atoms with Crippen molar-refractivity contribution in [3.8, 4) is 5.69 Å². The fourth-order valence-corrected chi connectivity index (χ4v) is 3.75. The monoisotopic (exact) mass is 353 g/mol. The van der Waals surface area contributed by atoms with Gasteiger partial charge in [-0.1, -0.05) is 6.07 Å². The quantitative estimate of drug-likeness (QED) is 0.611. The fraction of sp³-hybridized carbons (Fsp3) is 0.0588. The van der Waals surface area contributed by atoms with Gasteiger partial charge < -0.3 is 5.32 Å². The largest absolute Gasteiger partial charge is 0.321 e. The summed E-state index contributed by atoms with van der Waals surface area (Å²) in [5.74, 6) is -0.565. The molecule has 0 unspecified atom stereocenters. The number of hydrogen-bond donors (Lipinski definition) is 1. The number of halogens is 1. The molecule has 8 heteroatoms. The minimum Gasteiger partial charge on any atom is -0.321 e. The van der Waals surface area contributed by atoms with E-state index in [0.29, 0.717) is 21.5 Å². The van der Waals surface area contributed by atoms with Gasteiger partial charge in [0.05, 0.1) is 10.6 Å². The number of carbonyl (C=O) groups is 1. The molecule has 0 atom stereocenters. The minimum atomic E-state index is -0.309. The molecule has 0 bridgehead atoms. The maximum atomic E-state index is 14.0. The van der Waals surface area contributed by atoms with Crippen molar-refractivity contribution in [2.24, 2.45) is 0 Å². The van der Waals surface area contributed by atoms with Gasteiger partial charge in [-0.05, 0) is 59.3 Å². The van der Waals surface area contributed by atoms with E-state index in [2.05, 4.69) is 20.8 Å². The Bertz CT molecular complexity index is 1060. The number of nitrogens with zero attached hydrogens (tertiary/aromatic N) is 4. The van der Waals surface area contributed by atoms with Crippen LogP contribution >= 0.6 is 11.3 Å². The molecule has 0 saturated heterocycles. The van der Waals surface area contributed by atoms with Gasteiger partial charge in [0.15, 0.2) is 0 Å². The smallest absolute Gasteiger partial charge is 0.266 e. The van der Waals surface area contributed by atoms with E-state index in [0.717, 1.165) is 10.4 Å². The number of tetrazole rings is 1. The molecule has 2 heterocycles. The molecule has 0 aliphatic carbocycles. The Morgan fingerprint density at radius 2 is 2.00 bits per heavy atom. The Balaban J connectivity index is 1.60. The first-order valence-electron chi connectivity index (χ1n) is 7.46. The first-order valence-corrected chi connectivity index (χ1v) is 8.27. The molecule has 4 rings (SSSR count). The lowest BCUT2D eigenvalue weighted by molar-refractivity contribution is 0.103. The van der Waals surface area contributed by atoms with E-state index in [9.17, 15) is 9.18 Å². The fourth-order valence-electron chi connectivity index (χ4n) is 2.63. The van der Waals surface area contributed by atoms with Crippen LogP contribution in [0.3, 0.4) is 0 Å². The van der Waals surface area contributed by atoms with Gasteiger partial charge in [-0.15, -0.1) is 16.4 Å². The average molecular weight is 353 g/mol. The third-order valence-electron chi connectivity index (χ3n) is 3.85. The van der Waals surface area contributed by atoms with Gasteiger partial charge in [0, 0.05) is 15.8 Å². The van der Waals surface area contributed by atoms with Crippen molar-refractivity contribution in [3.63, 3.8) is 0 Å². The maximum absolute atomic E-state index is 14.0. The van der Waals surface area contributed by atoms with Crippen LogP contribution in [0, 0.1) is 12.7 Å². The zero-order chi connectivity index (χ0) is 17.4. The van der Waals surface area contributed by atoms with Gasteiger partial charge in [-0.3, -0.25) is 4.79 Å². The van der Waals surface area contributed by atoms with Crippen LogP contribution in [0.15, 0.2) is 48.8 Å². The lowest BCUT2D eigenvalue weighted by Gasteiger charge is -2.06. The normalized spacial score (nSPS) is 11.0. The van der Waals surface area contributed by atoms with Gasteiger partial charge in [0.1, 0.15) is 12.1 Å². The number of rotatable bonds is 3. The van der Waals surface area contributed by atoms with Crippen LogP contribution in [0.5, 0.6) is 0 Å². The SMILES string of the molecule is Cc1c(C(=O)Nc2ccc(-n3cnnn3)cc2)sc2cccc(F)c12. The Labute approximate surface area is 145 Å². The number of nitrogens with one attached hydrogen (secondary N) is 1. The zero-order valence-corrected chi connectivity index (χ0v) is 13.9. The summed E-state index contributed by atoms with van der Waals surface area (Å²) in [7, 11) is 0. The molecule has 2 aromatic carbocycles. The van der Waals surface area contributed by atoms with E-state index in [1.807, 2.05) is 6.07 Å². The van der Waals surface area contributed by atoms with E-state index >= 15 is 0 Å². The number of hydrogen-bond acceptors (Lipinski definition) is 5. The number of aryl methyl sites for hydroxylation is 1. The van der Waals surface area contributed by atoms with Crippen LogP contribution in [-0.4, -0.2) is 26.1 Å². The van der Waals surface area contributed by atoms with E-state index < -0.39 is 0 Å². The highest BCUT2D eigenvalue weighted by atomic mass is 32.1. The van der Waals surface area contributed by atoms with Crippen molar-refractivity contribution < 1.29 is 9.18 Å². The summed E-state index contributed by atoms with van der Waals surface area (Å²) in [5, 5.41) is 14.3. The predicted molar refractivity (Wildman–Crippen MR) is 93.6 cm³/mol. The molecular weight excluding hydrogens is 341 g/mol. The second-order valence-electron chi connectivity index (χ2n) is 5.42. The molecular formula is C17H12FN5OS. The highest BCUT2D eigenvalue weighted by Crippen LogP contribution is 2.33. The third kappa shape index (κ3) is 2.76.